The highest BCUT2D eigenvalue weighted by atomic mass is 14.9. The molecule has 0 saturated heterocycles. The number of benzene rings is 1. The van der Waals surface area contributed by atoms with Crippen LogP contribution in [0.5, 0.6) is 0 Å². The van der Waals surface area contributed by atoms with Crippen LogP contribution in [0.3, 0.4) is 0 Å². The van der Waals surface area contributed by atoms with E-state index in [1.807, 2.05) is 0 Å². The molecule has 94 valence electrons. The van der Waals surface area contributed by atoms with Gasteiger partial charge in [-0.25, -0.2) is 0 Å². The highest BCUT2D eigenvalue weighted by molar-refractivity contribution is 5.45. The number of hydrogen-bond donors (Lipinski definition) is 2. The van der Waals surface area contributed by atoms with E-state index >= 15 is 0 Å². The van der Waals surface area contributed by atoms with Crippen LogP contribution in [0.4, 0.5) is 5.69 Å². The summed E-state index contributed by atoms with van der Waals surface area (Å²) < 4.78 is 0. The quantitative estimate of drug-likeness (QED) is 0.818. The third kappa shape index (κ3) is 3.22. The number of rotatable bonds is 5. The Hall–Kier alpha value is -1.02. The van der Waals surface area contributed by atoms with Crippen LogP contribution in [-0.2, 0) is 6.42 Å². The molecule has 2 nitrogen and oxygen atoms in total. The molecule has 1 aromatic rings. The van der Waals surface area contributed by atoms with Gasteiger partial charge in [-0.05, 0) is 49.4 Å². The zero-order chi connectivity index (χ0) is 12.1. The molecular weight excluding hydrogens is 208 g/mol. The smallest absolute Gasteiger partial charge is 0.0342 e. The monoisotopic (exact) mass is 232 g/mol. The molecular formula is C15H24N2. The maximum absolute atomic E-state index is 5.80. The van der Waals surface area contributed by atoms with Gasteiger partial charge in [0.05, 0.1) is 0 Å². The molecule has 1 fully saturated rings. The van der Waals surface area contributed by atoms with Crippen LogP contribution in [0, 0.1) is 5.92 Å². The van der Waals surface area contributed by atoms with Crippen LogP contribution in [0.1, 0.15) is 38.2 Å². The van der Waals surface area contributed by atoms with E-state index in [0.717, 1.165) is 6.54 Å². The fourth-order valence-corrected chi connectivity index (χ4v) is 2.78. The highest BCUT2D eigenvalue weighted by Crippen LogP contribution is 2.27. The predicted molar refractivity (Wildman–Crippen MR) is 74.2 cm³/mol. The lowest BCUT2D eigenvalue weighted by Gasteiger charge is -2.20. The van der Waals surface area contributed by atoms with Crippen molar-refractivity contribution >= 4 is 5.69 Å². The molecule has 0 bridgehead atoms. The molecule has 0 spiro atoms. The van der Waals surface area contributed by atoms with Gasteiger partial charge in [-0.2, -0.15) is 0 Å². The van der Waals surface area contributed by atoms with Crippen molar-refractivity contribution in [2.45, 2.75) is 45.1 Å². The van der Waals surface area contributed by atoms with Gasteiger partial charge in [0.15, 0.2) is 0 Å². The van der Waals surface area contributed by atoms with Gasteiger partial charge in [0.2, 0.25) is 0 Å². The van der Waals surface area contributed by atoms with Gasteiger partial charge in [-0.1, -0.05) is 31.9 Å². The first-order chi connectivity index (χ1) is 8.33. The van der Waals surface area contributed by atoms with Crippen LogP contribution in [0.15, 0.2) is 24.3 Å². The van der Waals surface area contributed by atoms with Crippen molar-refractivity contribution in [1.29, 1.82) is 0 Å². The molecule has 1 aliphatic rings. The van der Waals surface area contributed by atoms with E-state index in [0.29, 0.717) is 12.0 Å². The zero-order valence-corrected chi connectivity index (χ0v) is 10.8. The Morgan fingerprint density at radius 1 is 1.24 bits per heavy atom. The van der Waals surface area contributed by atoms with Crippen molar-refractivity contribution in [3.8, 4) is 0 Å². The summed E-state index contributed by atoms with van der Waals surface area (Å²) in [6.07, 6.45) is 6.24. The van der Waals surface area contributed by atoms with Gasteiger partial charge in [0, 0.05) is 11.7 Å². The molecule has 3 N–H and O–H groups in total. The summed E-state index contributed by atoms with van der Waals surface area (Å²) in [4.78, 5) is 0. The van der Waals surface area contributed by atoms with Gasteiger partial charge >= 0.3 is 0 Å². The first-order valence-electron chi connectivity index (χ1n) is 6.89. The molecule has 2 rings (SSSR count). The van der Waals surface area contributed by atoms with E-state index in [2.05, 4.69) is 36.5 Å². The van der Waals surface area contributed by atoms with E-state index in [1.54, 1.807) is 0 Å². The van der Waals surface area contributed by atoms with Gasteiger partial charge < -0.3 is 11.1 Å². The number of anilines is 1. The topological polar surface area (TPSA) is 38.0 Å². The minimum absolute atomic E-state index is 0.581. The first kappa shape index (κ1) is 12.4. The number of nitrogens with one attached hydrogen (secondary N) is 1. The van der Waals surface area contributed by atoms with E-state index < -0.39 is 0 Å². The summed E-state index contributed by atoms with van der Waals surface area (Å²) in [6.45, 7) is 3.03. The summed E-state index contributed by atoms with van der Waals surface area (Å²) in [5.41, 5.74) is 8.48. The molecule has 17 heavy (non-hydrogen) atoms. The minimum atomic E-state index is 0.581. The lowest BCUT2D eigenvalue weighted by atomic mass is 10.0. The molecule has 0 radical (unpaired) electrons. The molecule has 2 atom stereocenters. The average Bonchev–Trinajstić information content (AvgIpc) is 2.79. The lowest BCUT2D eigenvalue weighted by molar-refractivity contribution is 0.516. The van der Waals surface area contributed by atoms with Crippen molar-refractivity contribution in [1.82, 2.24) is 0 Å². The van der Waals surface area contributed by atoms with Crippen LogP contribution in [-0.4, -0.2) is 12.6 Å². The molecule has 1 aliphatic carbocycles. The number of aryl methyl sites for hydroxylation is 1. The second kappa shape index (κ2) is 6.06. The Labute approximate surface area is 105 Å². The predicted octanol–water partition coefficient (Wildman–Crippen LogP) is 3.18. The minimum Gasteiger partial charge on any atom is -0.382 e. The van der Waals surface area contributed by atoms with E-state index in [-0.39, 0.29) is 0 Å². The molecule has 0 aliphatic heterocycles. The maximum Gasteiger partial charge on any atom is 0.0342 e. The Bertz CT molecular complexity index is 331. The van der Waals surface area contributed by atoms with Gasteiger partial charge in [-0.3, -0.25) is 0 Å². The number of nitrogens with two attached hydrogens (primary N) is 1. The van der Waals surface area contributed by atoms with E-state index in [1.165, 1.54) is 43.4 Å². The van der Waals surface area contributed by atoms with Crippen molar-refractivity contribution in [3.63, 3.8) is 0 Å². The second-order valence-corrected chi connectivity index (χ2v) is 5.12. The summed E-state index contributed by atoms with van der Waals surface area (Å²) in [5, 5.41) is 3.63. The van der Waals surface area contributed by atoms with Crippen molar-refractivity contribution < 1.29 is 0 Å². The first-order valence-corrected chi connectivity index (χ1v) is 6.89. The third-order valence-corrected chi connectivity index (χ3v) is 3.81. The highest BCUT2D eigenvalue weighted by Gasteiger charge is 2.25. The van der Waals surface area contributed by atoms with Gasteiger partial charge in [0.25, 0.3) is 0 Å². The van der Waals surface area contributed by atoms with Crippen LogP contribution >= 0.6 is 0 Å². The Kier molecular flexibility index (Phi) is 4.43. The SMILES string of the molecule is CCCc1ccc(NC2CCCC2CN)cc1. The fraction of sp³-hybridized carbons (Fsp3) is 0.600. The van der Waals surface area contributed by atoms with Crippen LogP contribution < -0.4 is 11.1 Å². The molecule has 2 heteroatoms. The van der Waals surface area contributed by atoms with Crippen molar-refractivity contribution in [2.24, 2.45) is 11.7 Å². The summed E-state index contributed by atoms with van der Waals surface area (Å²) in [7, 11) is 0. The lowest BCUT2D eigenvalue weighted by Crippen LogP contribution is -2.29. The molecule has 1 saturated carbocycles. The molecule has 1 aromatic carbocycles. The molecule has 0 heterocycles. The molecule has 0 amide bonds. The maximum atomic E-state index is 5.80. The Balaban J connectivity index is 1.94. The Morgan fingerprint density at radius 3 is 2.65 bits per heavy atom. The fourth-order valence-electron chi connectivity index (χ4n) is 2.78. The third-order valence-electron chi connectivity index (χ3n) is 3.81. The largest absolute Gasteiger partial charge is 0.382 e. The average molecular weight is 232 g/mol. The van der Waals surface area contributed by atoms with Gasteiger partial charge in [-0.15, -0.1) is 0 Å². The van der Waals surface area contributed by atoms with E-state index in [9.17, 15) is 0 Å². The summed E-state index contributed by atoms with van der Waals surface area (Å²) in [5.74, 6) is 0.658. The second-order valence-electron chi connectivity index (χ2n) is 5.12. The van der Waals surface area contributed by atoms with E-state index in [4.69, 9.17) is 5.73 Å². The standard InChI is InChI=1S/C15H24N2/c1-2-4-12-7-9-14(10-8-12)17-15-6-3-5-13(15)11-16/h7-10,13,15,17H,2-6,11,16H2,1H3. The molecule has 0 aromatic heterocycles. The van der Waals surface area contributed by atoms with Crippen LogP contribution in [0.25, 0.3) is 0 Å². The normalized spacial score (nSPS) is 23.9. The van der Waals surface area contributed by atoms with Gasteiger partial charge in [0.1, 0.15) is 0 Å². The number of hydrogen-bond acceptors (Lipinski definition) is 2. The molecule has 2 unspecified atom stereocenters. The van der Waals surface area contributed by atoms with Crippen molar-refractivity contribution in [3.05, 3.63) is 29.8 Å². The summed E-state index contributed by atoms with van der Waals surface area (Å²) in [6, 6.07) is 9.46. The zero-order valence-electron chi connectivity index (χ0n) is 10.8. The van der Waals surface area contributed by atoms with Crippen LogP contribution in [0.2, 0.25) is 0 Å². The Morgan fingerprint density at radius 2 is 2.00 bits per heavy atom. The van der Waals surface area contributed by atoms with Crippen molar-refractivity contribution in [2.75, 3.05) is 11.9 Å². The summed E-state index contributed by atoms with van der Waals surface area (Å²) >= 11 is 0.